The lowest BCUT2D eigenvalue weighted by Gasteiger charge is -2.08. The molecule has 1 amide bonds. The van der Waals surface area contributed by atoms with Crippen molar-refractivity contribution in [2.24, 2.45) is 7.05 Å². The van der Waals surface area contributed by atoms with Gasteiger partial charge >= 0.3 is 0 Å². The van der Waals surface area contributed by atoms with Crippen molar-refractivity contribution >= 4 is 17.1 Å². The zero-order chi connectivity index (χ0) is 22.9. The van der Waals surface area contributed by atoms with Crippen LogP contribution in [0.5, 0.6) is 0 Å². The Morgan fingerprint density at radius 1 is 1.24 bits per heavy atom. The average molecular weight is 444 g/mol. The summed E-state index contributed by atoms with van der Waals surface area (Å²) >= 11 is 0. The van der Waals surface area contributed by atoms with E-state index in [0.29, 0.717) is 28.2 Å². The molecule has 10 heteroatoms. The number of rotatable bonds is 5. The third-order valence-electron chi connectivity index (χ3n) is 5.88. The van der Waals surface area contributed by atoms with Crippen LogP contribution in [0.1, 0.15) is 59.3 Å². The van der Waals surface area contributed by atoms with E-state index in [1.54, 1.807) is 30.2 Å². The molecule has 33 heavy (non-hydrogen) atoms. The van der Waals surface area contributed by atoms with Gasteiger partial charge in [0.2, 0.25) is 5.82 Å². The molecular formula is C23H21FN8O. The number of carbonyl (C=O) groups excluding carboxylic acids is 1. The maximum Gasteiger partial charge on any atom is 0.272 e. The Balaban J connectivity index is 1.41. The smallest absolute Gasteiger partial charge is 0.272 e. The highest BCUT2D eigenvalue weighted by Gasteiger charge is 2.24. The Kier molecular flexibility index (Phi) is 5.30. The van der Waals surface area contributed by atoms with Crippen LogP contribution < -0.4 is 5.32 Å². The number of halogens is 1. The van der Waals surface area contributed by atoms with E-state index in [4.69, 9.17) is 0 Å². The Labute approximate surface area is 188 Å². The molecule has 0 bridgehead atoms. The van der Waals surface area contributed by atoms with Gasteiger partial charge in [0.25, 0.3) is 5.91 Å². The number of aryl methyl sites for hydroxylation is 1. The summed E-state index contributed by atoms with van der Waals surface area (Å²) in [5, 5.41) is 16.2. The Bertz CT molecular complexity index is 1390. The second-order valence-corrected chi connectivity index (χ2v) is 8.24. The van der Waals surface area contributed by atoms with Crippen LogP contribution in [0, 0.1) is 17.1 Å². The van der Waals surface area contributed by atoms with E-state index in [1.807, 2.05) is 6.07 Å². The summed E-state index contributed by atoms with van der Waals surface area (Å²) in [7, 11) is 1.79. The molecule has 9 nitrogen and oxygen atoms in total. The summed E-state index contributed by atoms with van der Waals surface area (Å²) in [6.07, 6.45) is 7.77. The summed E-state index contributed by atoms with van der Waals surface area (Å²) in [6, 6.07) is 6.47. The lowest BCUT2D eigenvalue weighted by atomic mass is 10.1. The van der Waals surface area contributed by atoms with Gasteiger partial charge in [0.1, 0.15) is 23.2 Å². The Morgan fingerprint density at radius 3 is 2.79 bits per heavy atom. The number of imidazole rings is 1. The Morgan fingerprint density at radius 2 is 2.06 bits per heavy atom. The third kappa shape index (κ3) is 4.17. The number of H-pyrrole nitrogens is 1. The first-order valence-electron chi connectivity index (χ1n) is 10.7. The molecule has 0 aliphatic heterocycles. The van der Waals surface area contributed by atoms with Crippen molar-refractivity contribution in [1.29, 1.82) is 5.26 Å². The molecule has 1 aliphatic carbocycles. The molecule has 3 aromatic heterocycles. The number of fused-ring (bicyclic) bond motifs is 1. The fourth-order valence-electron chi connectivity index (χ4n) is 4.28. The quantitative estimate of drug-likeness (QED) is 0.486. The summed E-state index contributed by atoms with van der Waals surface area (Å²) < 4.78 is 15.9. The SMILES string of the molecule is Cn1cc(-c2cc(F)cc(CNC(=O)c3nc(C#N)nc4nc(C5CCCC5)[nH]c34)c2)cn1. The number of hydrogen-bond acceptors (Lipinski definition) is 6. The molecule has 1 aliphatic rings. The maximum absolute atomic E-state index is 14.2. The fourth-order valence-corrected chi connectivity index (χ4v) is 4.28. The normalized spacial score (nSPS) is 14.0. The van der Waals surface area contributed by atoms with Crippen molar-refractivity contribution in [3.05, 3.63) is 59.3 Å². The van der Waals surface area contributed by atoms with Crippen LogP contribution in [-0.4, -0.2) is 35.6 Å². The van der Waals surface area contributed by atoms with Crippen LogP contribution in [0.15, 0.2) is 30.6 Å². The summed E-state index contributed by atoms with van der Waals surface area (Å²) in [6.45, 7) is 0.0842. The van der Waals surface area contributed by atoms with Gasteiger partial charge in [-0.15, -0.1) is 0 Å². The van der Waals surface area contributed by atoms with Crippen LogP contribution in [0.25, 0.3) is 22.3 Å². The predicted octanol–water partition coefficient (Wildman–Crippen LogP) is 3.35. The van der Waals surface area contributed by atoms with E-state index < -0.39 is 11.7 Å². The molecule has 1 aromatic carbocycles. The zero-order valence-electron chi connectivity index (χ0n) is 18.0. The van der Waals surface area contributed by atoms with Gasteiger partial charge in [-0.25, -0.2) is 14.4 Å². The van der Waals surface area contributed by atoms with E-state index in [0.717, 1.165) is 37.1 Å². The highest BCUT2D eigenvalue weighted by molar-refractivity contribution is 6.02. The standard InChI is InChI=1S/C23H21FN8O/c1-32-12-16(11-27-32)15-6-13(7-17(24)8-15)10-26-23(33)20-19-22(29-18(9-25)28-20)31-21(30-19)14-4-2-3-5-14/h6-8,11-12,14H,2-5,10H2,1H3,(H,26,33)(H,28,29,30,31). The minimum Gasteiger partial charge on any atom is -0.347 e. The number of aromatic nitrogens is 6. The predicted molar refractivity (Wildman–Crippen MR) is 117 cm³/mol. The molecule has 0 radical (unpaired) electrons. The number of amides is 1. The second kappa shape index (κ2) is 8.43. The average Bonchev–Trinajstić information content (AvgIpc) is 3.56. The number of nitriles is 1. The van der Waals surface area contributed by atoms with E-state index in [1.165, 1.54) is 12.1 Å². The van der Waals surface area contributed by atoms with E-state index in [9.17, 15) is 14.4 Å². The molecule has 3 heterocycles. The van der Waals surface area contributed by atoms with E-state index in [2.05, 4.69) is 30.4 Å². The van der Waals surface area contributed by atoms with E-state index in [-0.39, 0.29) is 18.1 Å². The molecule has 1 saturated carbocycles. The van der Waals surface area contributed by atoms with Gasteiger partial charge in [-0.05, 0) is 42.2 Å². The highest BCUT2D eigenvalue weighted by atomic mass is 19.1. The summed E-state index contributed by atoms with van der Waals surface area (Å²) in [5.41, 5.74) is 2.79. The van der Waals surface area contributed by atoms with Gasteiger partial charge in [-0.1, -0.05) is 12.8 Å². The Hall–Kier alpha value is -4.13. The van der Waals surface area contributed by atoms with Crippen LogP contribution in [0.3, 0.4) is 0 Å². The molecule has 166 valence electrons. The summed E-state index contributed by atoms with van der Waals surface area (Å²) in [4.78, 5) is 29.0. The van der Waals surface area contributed by atoms with Crippen molar-refractivity contribution in [2.45, 2.75) is 38.1 Å². The largest absolute Gasteiger partial charge is 0.347 e. The lowest BCUT2D eigenvalue weighted by molar-refractivity contribution is 0.0947. The monoisotopic (exact) mass is 444 g/mol. The van der Waals surface area contributed by atoms with Gasteiger partial charge in [-0.3, -0.25) is 9.48 Å². The van der Waals surface area contributed by atoms with Crippen molar-refractivity contribution in [2.75, 3.05) is 0 Å². The third-order valence-corrected chi connectivity index (χ3v) is 5.88. The molecule has 2 N–H and O–H groups in total. The van der Waals surface area contributed by atoms with Gasteiger partial charge in [0, 0.05) is 31.3 Å². The van der Waals surface area contributed by atoms with Crippen molar-refractivity contribution in [3.63, 3.8) is 0 Å². The van der Waals surface area contributed by atoms with Crippen LogP contribution in [0.2, 0.25) is 0 Å². The molecule has 5 rings (SSSR count). The molecule has 0 saturated heterocycles. The number of nitrogens with zero attached hydrogens (tertiary/aromatic N) is 6. The second-order valence-electron chi connectivity index (χ2n) is 8.24. The summed E-state index contributed by atoms with van der Waals surface area (Å²) in [5.74, 6) is 0.0343. The first kappa shape index (κ1) is 20.8. The van der Waals surface area contributed by atoms with Crippen molar-refractivity contribution in [1.82, 2.24) is 35.0 Å². The molecule has 0 unspecified atom stereocenters. The first-order valence-corrected chi connectivity index (χ1v) is 10.7. The van der Waals surface area contributed by atoms with Gasteiger partial charge in [0.15, 0.2) is 11.3 Å². The van der Waals surface area contributed by atoms with Crippen molar-refractivity contribution < 1.29 is 9.18 Å². The van der Waals surface area contributed by atoms with Crippen molar-refractivity contribution in [3.8, 4) is 17.2 Å². The van der Waals surface area contributed by atoms with Gasteiger partial charge in [0.05, 0.1) is 6.20 Å². The fraction of sp³-hybridized carbons (Fsp3) is 0.304. The number of carbonyl (C=O) groups is 1. The number of benzene rings is 1. The maximum atomic E-state index is 14.2. The minimum absolute atomic E-state index is 0.0529. The molecule has 0 spiro atoms. The molecule has 0 atom stereocenters. The zero-order valence-corrected chi connectivity index (χ0v) is 18.0. The minimum atomic E-state index is -0.493. The molecule has 1 fully saturated rings. The number of aromatic amines is 1. The lowest BCUT2D eigenvalue weighted by Crippen LogP contribution is -2.25. The van der Waals surface area contributed by atoms with Gasteiger partial charge < -0.3 is 10.3 Å². The number of nitrogens with one attached hydrogen (secondary N) is 2. The van der Waals surface area contributed by atoms with E-state index >= 15 is 0 Å². The van der Waals surface area contributed by atoms with Crippen LogP contribution >= 0.6 is 0 Å². The first-order chi connectivity index (χ1) is 16.0. The molecule has 4 aromatic rings. The topological polar surface area (TPSA) is 125 Å². The number of hydrogen-bond donors (Lipinski definition) is 2. The highest BCUT2D eigenvalue weighted by Crippen LogP contribution is 2.33. The molecular weight excluding hydrogens is 423 g/mol. The van der Waals surface area contributed by atoms with Crippen LogP contribution in [-0.2, 0) is 13.6 Å². The van der Waals surface area contributed by atoms with Crippen LogP contribution in [0.4, 0.5) is 4.39 Å². The van der Waals surface area contributed by atoms with Gasteiger partial charge in [-0.2, -0.15) is 15.3 Å².